The van der Waals surface area contributed by atoms with Crippen LogP contribution in [0.1, 0.15) is 36.8 Å². The van der Waals surface area contributed by atoms with Crippen LogP contribution < -0.4 is 5.32 Å². The Morgan fingerprint density at radius 1 is 1.05 bits per heavy atom. The first-order valence-electron chi connectivity index (χ1n) is 13.2. The second-order valence-electron chi connectivity index (χ2n) is 10.8. The summed E-state index contributed by atoms with van der Waals surface area (Å²) in [6, 6.07) is 6.39. The second kappa shape index (κ2) is 10.1. The van der Waals surface area contributed by atoms with Crippen molar-refractivity contribution in [3.63, 3.8) is 0 Å². The van der Waals surface area contributed by atoms with Crippen LogP contribution in [0.3, 0.4) is 0 Å². The van der Waals surface area contributed by atoms with Crippen LogP contribution in [0.15, 0.2) is 42.6 Å². The molecule has 3 aliphatic carbocycles. The number of hydrogen-bond acceptors (Lipinski definition) is 4. The molecule has 0 aliphatic heterocycles. The normalized spacial score (nSPS) is 21.8. The number of H-pyrrole nitrogens is 1. The number of nitriles is 1. The highest BCUT2D eigenvalue weighted by Gasteiger charge is 2.48. The van der Waals surface area contributed by atoms with Crippen molar-refractivity contribution in [2.24, 2.45) is 17.8 Å². The summed E-state index contributed by atoms with van der Waals surface area (Å²) >= 11 is 0. The molecule has 2 atom stereocenters. The monoisotopic (exact) mass is 584 g/mol. The molecule has 4 aromatic rings. The van der Waals surface area contributed by atoms with Gasteiger partial charge in [-0.2, -0.15) is 18.4 Å². The van der Waals surface area contributed by atoms with Gasteiger partial charge in [-0.05, 0) is 61.3 Å². The molecule has 2 bridgehead atoms. The zero-order valence-corrected chi connectivity index (χ0v) is 21.7. The van der Waals surface area contributed by atoms with Crippen LogP contribution in [0, 0.1) is 46.5 Å². The zero-order chi connectivity index (χ0) is 29.9. The van der Waals surface area contributed by atoms with Crippen LogP contribution in [-0.4, -0.2) is 27.1 Å². The molecule has 2 aromatic heterocycles. The molecule has 42 heavy (non-hydrogen) atoms. The van der Waals surface area contributed by atoms with Crippen LogP contribution in [0.4, 0.5) is 32.2 Å². The number of pyridine rings is 1. The highest BCUT2D eigenvalue weighted by molar-refractivity contribution is 5.98. The summed E-state index contributed by atoms with van der Waals surface area (Å²) in [4.78, 5) is 19.3. The molecule has 0 radical (unpaired) electrons. The topological polar surface area (TPSA) is 102 Å². The number of halogens is 6. The van der Waals surface area contributed by atoms with Gasteiger partial charge in [-0.3, -0.25) is 4.79 Å². The lowest BCUT2D eigenvalue weighted by atomic mass is 9.61. The summed E-state index contributed by atoms with van der Waals surface area (Å²) in [5.74, 6) is -5.38. The fourth-order valence-corrected chi connectivity index (χ4v) is 6.58. The van der Waals surface area contributed by atoms with Crippen molar-refractivity contribution in [1.29, 1.82) is 5.26 Å². The molecule has 0 spiro atoms. The number of anilines is 1. The number of hydrogen-bond donors (Lipinski definition) is 3. The molecule has 3 saturated carbocycles. The number of carboxylic acid groups (broad SMARTS) is 1. The van der Waals surface area contributed by atoms with Gasteiger partial charge < -0.3 is 15.4 Å². The van der Waals surface area contributed by atoms with E-state index in [1.807, 2.05) is 6.07 Å². The molecule has 0 saturated heterocycles. The van der Waals surface area contributed by atoms with Gasteiger partial charge in [0.2, 0.25) is 0 Å². The van der Waals surface area contributed by atoms with Crippen LogP contribution in [-0.2, 0) is 11.0 Å². The molecule has 2 heterocycles. The fourth-order valence-electron chi connectivity index (χ4n) is 6.58. The minimum Gasteiger partial charge on any atom is -0.481 e. The van der Waals surface area contributed by atoms with Crippen LogP contribution in [0.25, 0.3) is 33.3 Å². The van der Waals surface area contributed by atoms with E-state index < -0.39 is 52.9 Å². The molecule has 7 rings (SSSR count). The Hall–Kier alpha value is -4.53. The molecule has 12 heteroatoms. The summed E-state index contributed by atoms with van der Waals surface area (Å²) in [7, 11) is 0. The van der Waals surface area contributed by atoms with E-state index in [9.17, 15) is 37.1 Å². The molecule has 3 aliphatic rings. The van der Waals surface area contributed by atoms with Crippen molar-refractivity contribution in [2.45, 2.75) is 37.9 Å². The van der Waals surface area contributed by atoms with E-state index >= 15 is 4.39 Å². The number of aromatic amines is 1. The first-order chi connectivity index (χ1) is 20.0. The number of aliphatic carboxylic acids is 1. The third kappa shape index (κ3) is 4.53. The molecular weight excluding hydrogens is 562 g/mol. The number of aromatic nitrogens is 2. The van der Waals surface area contributed by atoms with E-state index in [2.05, 4.69) is 15.3 Å². The van der Waals surface area contributed by atoms with Gasteiger partial charge in [0.1, 0.15) is 17.7 Å². The standard InChI is InChI=1S/C30H22F6N4O2/c31-17-9-18-20(12-38-27(18)21(32)10-17)26-19(11-37)22(13-5-7-16(8-6-13)30(34,35)36)24(33)28(40-26)39-25-15-3-1-14(2-4-15)23(25)29(41)42/h5-10,12,14-15,23,25,38H,1-4H2,(H,39,40)(H,41,42)/t14?,15?,23-,25-/m1/s1. The molecule has 2 aromatic carbocycles. The van der Waals surface area contributed by atoms with E-state index in [4.69, 9.17) is 0 Å². The van der Waals surface area contributed by atoms with Gasteiger partial charge in [-0.25, -0.2) is 18.2 Å². The molecule has 6 nitrogen and oxygen atoms in total. The van der Waals surface area contributed by atoms with Crippen LogP contribution in [0.2, 0.25) is 0 Å². The summed E-state index contributed by atoms with van der Waals surface area (Å²) < 4.78 is 84.9. The van der Waals surface area contributed by atoms with E-state index in [0.717, 1.165) is 56.0 Å². The van der Waals surface area contributed by atoms with Crippen molar-refractivity contribution in [3.8, 4) is 28.5 Å². The fraction of sp³-hybridized carbons (Fsp3) is 0.300. The Bertz CT molecular complexity index is 1750. The van der Waals surface area contributed by atoms with Gasteiger partial charge in [0, 0.05) is 34.8 Å². The summed E-state index contributed by atoms with van der Waals surface area (Å²) in [5.41, 5.74) is -2.02. The summed E-state index contributed by atoms with van der Waals surface area (Å²) in [6.07, 6.45) is -0.491. The summed E-state index contributed by atoms with van der Waals surface area (Å²) in [6.45, 7) is 0. The van der Waals surface area contributed by atoms with Crippen molar-refractivity contribution in [2.75, 3.05) is 5.32 Å². The van der Waals surface area contributed by atoms with Crippen molar-refractivity contribution >= 4 is 22.7 Å². The maximum atomic E-state index is 16.4. The largest absolute Gasteiger partial charge is 0.481 e. The maximum absolute atomic E-state index is 16.4. The van der Waals surface area contributed by atoms with Gasteiger partial charge in [-0.1, -0.05) is 12.1 Å². The van der Waals surface area contributed by atoms with Gasteiger partial charge in [0.05, 0.1) is 28.3 Å². The second-order valence-corrected chi connectivity index (χ2v) is 10.8. The minimum absolute atomic E-state index is 0.00700. The van der Waals surface area contributed by atoms with Crippen molar-refractivity contribution in [1.82, 2.24) is 9.97 Å². The van der Waals surface area contributed by atoms with Gasteiger partial charge in [-0.15, -0.1) is 0 Å². The molecular formula is C30H22F6N4O2. The Labute approximate surface area is 235 Å². The highest BCUT2D eigenvalue weighted by Crippen LogP contribution is 2.47. The van der Waals surface area contributed by atoms with Crippen molar-refractivity contribution < 1.29 is 36.2 Å². The molecule has 0 unspecified atom stereocenters. The average molecular weight is 585 g/mol. The minimum atomic E-state index is -4.66. The third-order valence-electron chi connectivity index (χ3n) is 8.52. The number of alkyl halides is 3. The van der Waals surface area contributed by atoms with E-state index in [1.165, 1.54) is 6.20 Å². The number of carboxylic acids is 1. The molecule has 3 N–H and O–H groups in total. The smallest absolute Gasteiger partial charge is 0.416 e. The number of rotatable bonds is 5. The van der Waals surface area contributed by atoms with Gasteiger partial charge >= 0.3 is 12.1 Å². The quantitative estimate of drug-likeness (QED) is 0.211. The molecule has 3 fully saturated rings. The van der Waals surface area contributed by atoms with Gasteiger partial charge in [0.15, 0.2) is 11.6 Å². The number of carbonyl (C=O) groups is 1. The Morgan fingerprint density at radius 3 is 2.33 bits per heavy atom. The van der Waals surface area contributed by atoms with E-state index in [1.54, 1.807) is 0 Å². The number of nitrogens with one attached hydrogen (secondary N) is 2. The lowest BCUT2D eigenvalue weighted by Crippen LogP contribution is -2.51. The lowest BCUT2D eigenvalue weighted by Gasteiger charge is -2.47. The number of fused-ring (bicyclic) bond motifs is 4. The predicted molar refractivity (Wildman–Crippen MR) is 141 cm³/mol. The zero-order valence-electron chi connectivity index (χ0n) is 21.7. The SMILES string of the molecule is N#Cc1c(-c2c[nH]c3c(F)cc(F)cc23)nc(N[C@@H]2C3CCC(CC3)[C@H]2C(=O)O)c(F)c1-c1ccc(C(F)(F)F)cc1. The van der Waals surface area contributed by atoms with Crippen LogP contribution in [0.5, 0.6) is 0 Å². The maximum Gasteiger partial charge on any atom is 0.416 e. The van der Waals surface area contributed by atoms with E-state index in [0.29, 0.717) is 6.07 Å². The van der Waals surface area contributed by atoms with Crippen LogP contribution >= 0.6 is 0 Å². The third-order valence-corrected chi connectivity index (χ3v) is 8.52. The highest BCUT2D eigenvalue weighted by atomic mass is 19.4. The predicted octanol–water partition coefficient (Wildman–Crippen LogP) is 7.51. The lowest BCUT2D eigenvalue weighted by molar-refractivity contribution is -0.148. The molecule has 216 valence electrons. The number of nitrogens with zero attached hydrogens (tertiary/aromatic N) is 2. The Balaban J connectivity index is 1.58. The summed E-state index contributed by atoms with van der Waals surface area (Å²) in [5, 5.41) is 23.1. The Kier molecular flexibility index (Phi) is 6.63. The number of benzene rings is 2. The first kappa shape index (κ1) is 27.6. The molecule has 0 amide bonds. The van der Waals surface area contributed by atoms with Crippen molar-refractivity contribution in [3.05, 3.63) is 71.2 Å². The van der Waals surface area contributed by atoms with E-state index in [-0.39, 0.29) is 50.7 Å². The first-order valence-corrected chi connectivity index (χ1v) is 13.2. The average Bonchev–Trinajstić information content (AvgIpc) is 3.37. The van der Waals surface area contributed by atoms with Gasteiger partial charge in [0.25, 0.3) is 0 Å². The Morgan fingerprint density at radius 2 is 1.71 bits per heavy atom.